The Hall–Kier alpha value is -2.59. The van der Waals surface area contributed by atoms with E-state index in [1.165, 1.54) is 4.90 Å². The zero-order valence-corrected chi connectivity index (χ0v) is 14.8. The number of nitriles is 1. The van der Waals surface area contributed by atoms with Crippen LogP contribution in [0.4, 0.5) is 17.1 Å². The summed E-state index contributed by atoms with van der Waals surface area (Å²) in [7, 11) is 0. The number of benzene rings is 1. The van der Waals surface area contributed by atoms with E-state index >= 15 is 0 Å². The number of carbonyl (C=O) groups excluding carboxylic acids is 2. The predicted octanol–water partition coefficient (Wildman–Crippen LogP) is 1.84. The Kier molecular flexibility index (Phi) is 2.87. The van der Waals surface area contributed by atoms with Gasteiger partial charge >= 0.3 is 0 Å². The van der Waals surface area contributed by atoms with Crippen LogP contribution in [0, 0.1) is 23.2 Å². The average molecular weight is 352 g/mol. The molecule has 4 aliphatic heterocycles. The summed E-state index contributed by atoms with van der Waals surface area (Å²) in [6, 6.07) is 5.52. The molecule has 134 valence electrons. The van der Waals surface area contributed by atoms with Crippen molar-refractivity contribution in [2.75, 3.05) is 28.6 Å². The lowest BCUT2D eigenvalue weighted by molar-refractivity contribution is -0.129. The van der Waals surface area contributed by atoms with Crippen LogP contribution >= 0.6 is 0 Å². The fraction of sp³-hybridized carbons (Fsp3) is 0.526. The number of hydrogen-bond donors (Lipinski definition) is 2. The molecule has 3 saturated heterocycles. The van der Waals surface area contributed by atoms with Crippen LogP contribution in [0.1, 0.15) is 32.3 Å². The monoisotopic (exact) mass is 352 g/mol. The first-order valence-corrected chi connectivity index (χ1v) is 9.02. The first-order chi connectivity index (χ1) is 12.4. The fourth-order valence-corrected chi connectivity index (χ4v) is 5.31. The highest BCUT2D eigenvalue weighted by Gasteiger charge is 2.72. The summed E-state index contributed by atoms with van der Waals surface area (Å²) < 4.78 is 6.15. The van der Waals surface area contributed by atoms with E-state index in [0.717, 1.165) is 12.8 Å². The summed E-state index contributed by atoms with van der Waals surface area (Å²) in [6.45, 7) is 5.25. The van der Waals surface area contributed by atoms with Crippen molar-refractivity contribution in [1.82, 2.24) is 0 Å². The van der Waals surface area contributed by atoms with Crippen molar-refractivity contribution in [2.45, 2.75) is 37.9 Å². The average Bonchev–Trinajstić information content (AvgIpc) is 3.18. The van der Waals surface area contributed by atoms with Gasteiger partial charge in [0.15, 0.2) is 0 Å². The Morgan fingerprint density at radius 1 is 1.08 bits per heavy atom. The van der Waals surface area contributed by atoms with Crippen LogP contribution in [0.5, 0.6) is 0 Å². The lowest BCUT2D eigenvalue weighted by atomic mass is 9.69. The van der Waals surface area contributed by atoms with Gasteiger partial charge in [-0.3, -0.25) is 9.59 Å². The summed E-state index contributed by atoms with van der Waals surface area (Å²) in [5, 5.41) is 15.8. The Bertz CT molecular complexity index is 873. The minimum Gasteiger partial charge on any atom is -0.380 e. The van der Waals surface area contributed by atoms with Gasteiger partial charge in [0.25, 0.3) is 0 Å². The van der Waals surface area contributed by atoms with E-state index < -0.39 is 23.0 Å². The largest absolute Gasteiger partial charge is 0.380 e. The summed E-state index contributed by atoms with van der Waals surface area (Å²) >= 11 is 0. The fourth-order valence-electron chi connectivity index (χ4n) is 5.31. The number of anilines is 3. The van der Waals surface area contributed by atoms with Crippen LogP contribution in [0.15, 0.2) is 12.1 Å². The molecule has 4 atom stereocenters. The second-order valence-corrected chi connectivity index (χ2v) is 8.04. The summed E-state index contributed by atoms with van der Waals surface area (Å²) in [5.74, 6) is -1.25. The molecule has 5 rings (SSSR count). The molecule has 4 heterocycles. The van der Waals surface area contributed by atoms with Crippen molar-refractivity contribution in [3.63, 3.8) is 0 Å². The molecule has 0 saturated carbocycles. The third kappa shape index (κ3) is 1.70. The van der Waals surface area contributed by atoms with E-state index in [1.807, 2.05) is 13.8 Å². The third-order valence-corrected chi connectivity index (χ3v) is 6.48. The Balaban J connectivity index is 1.64. The molecule has 2 N–H and O–H groups in total. The van der Waals surface area contributed by atoms with Crippen molar-refractivity contribution in [3.8, 4) is 6.07 Å². The van der Waals surface area contributed by atoms with Crippen molar-refractivity contribution >= 4 is 28.9 Å². The number of fused-ring (bicyclic) bond motifs is 6. The van der Waals surface area contributed by atoms with Crippen LogP contribution < -0.4 is 15.5 Å². The van der Waals surface area contributed by atoms with Crippen LogP contribution in [-0.2, 0) is 14.3 Å². The molecule has 0 spiro atoms. The minimum atomic E-state index is -0.570. The van der Waals surface area contributed by atoms with Crippen LogP contribution in [0.3, 0.4) is 0 Å². The van der Waals surface area contributed by atoms with Crippen molar-refractivity contribution in [2.24, 2.45) is 11.8 Å². The highest BCUT2D eigenvalue weighted by atomic mass is 16.5. The van der Waals surface area contributed by atoms with Gasteiger partial charge in [-0.1, -0.05) is 0 Å². The lowest BCUT2D eigenvalue weighted by Gasteiger charge is -2.29. The third-order valence-electron chi connectivity index (χ3n) is 6.48. The summed E-state index contributed by atoms with van der Waals surface area (Å²) in [6.07, 6.45) is 1.59. The zero-order chi connectivity index (χ0) is 18.3. The maximum Gasteiger partial charge on any atom is 0.240 e. The molecular weight excluding hydrogens is 332 g/mol. The van der Waals surface area contributed by atoms with Gasteiger partial charge in [0.2, 0.25) is 11.8 Å². The van der Waals surface area contributed by atoms with Gasteiger partial charge in [0.1, 0.15) is 6.07 Å². The van der Waals surface area contributed by atoms with Gasteiger partial charge in [-0.25, -0.2) is 4.90 Å². The first-order valence-electron chi connectivity index (χ1n) is 9.02. The molecule has 2 amide bonds. The molecule has 0 aromatic heterocycles. The number of amides is 2. The second-order valence-electron chi connectivity index (χ2n) is 8.04. The van der Waals surface area contributed by atoms with E-state index in [-0.39, 0.29) is 11.8 Å². The summed E-state index contributed by atoms with van der Waals surface area (Å²) in [5.41, 5.74) is 1.20. The number of nitrogens with zero attached hydrogens (tertiary/aromatic N) is 2. The molecule has 7 heteroatoms. The molecule has 7 nitrogen and oxygen atoms in total. The van der Waals surface area contributed by atoms with Gasteiger partial charge in [-0.15, -0.1) is 0 Å². The Labute approximate surface area is 151 Å². The molecule has 0 radical (unpaired) electrons. The number of rotatable bonds is 1. The van der Waals surface area contributed by atoms with E-state index in [9.17, 15) is 14.9 Å². The number of hydrogen-bond acceptors (Lipinski definition) is 6. The second kappa shape index (κ2) is 4.77. The van der Waals surface area contributed by atoms with Crippen LogP contribution in [-0.4, -0.2) is 36.1 Å². The minimum absolute atomic E-state index is 0.190. The lowest BCUT2D eigenvalue weighted by Crippen LogP contribution is -2.40. The normalized spacial score (nSPS) is 37.0. The SMILES string of the molecule is C[C@]12CC[C@](C)(O1)[C@@H]1C(=O)N(c3ccc(C#N)c4c3NCCN4)C(=O)[C@@H]12. The zero-order valence-electron chi connectivity index (χ0n) is 14.8. The molecule has 3 fully saturated rings. The van der Waals surface area contributed by atoms with Crippen molar-refractivity contribution < 1.29 is 14.3 Å². The van der Waals surface area contributed by atoms with Crippen molar-refractivity contribution in [3.05, 3.63) is 17.7 Å². The van der Waals surface area contributed by atoms with E-state index in [1.54, 1.807) is 12.1 Å². The number of imide groups is 1. The molecular formula is C19H20N4O3. The Morgan fingerprint density at radius 3 is 2.23 bits per heavy atom. The molecule has 2 bridgehead atoms. The highest BCUT2D eigenvalue weighted by molar-refractivity contribution is 6.25. The first kappa shape index (κ1) is 15.6. The Morgan fingerprint density at radius 2 is 1.65 bits per heavy atom. The van der Waals surface area contributed by atoms with Crippen LogP contribution in [0.2, 0.25) is 0 Å². The van der Waals surface area contributed by atoms with Gasteiger partial charge in [-0.2, -0.15) is 5.26 Å². The quantitative estimate of drug-likeness (QED) is 0.749. The number of nitrogens with one attached hydrogen (secondary N) is 2. The maximum absolute atomic E-state index is 13.3. The van der Waals surface area contributed by atoms with E-state index in [4.69, 9.17) is 4.74 Å². The topological polar surface area (TPSA) is 94.5 Å². The van der Waals surface area contributed by atoms with Gasteiger partial charge < -0.3 is 15.4 Å². The molecule has 4 aliphatic rings. The molecule has 1 aromatic rings. The van der Waals surface area contributed by atoms with Crippen molar-refractivity contribution in [1.29, 1.82) is 5.26 Å². The van der Waals surface area contributed by atoms with E-state index in [2.05, 4.69) is 16.7 Å². The number of carbonyl (C=O) groups is 2. The smallest absolute Gasteiger partial charge is 0.240 e. The predicted molar refractivity (Wildman–Crippen MR) is 94.7 cm³/mol. The molecule has 26 heavy (non-hydrogen) atoms. The van der Waals surface area contributed by atoms with Gasteiger partial charge in [0.05, 0.1) is 45.7 Å². The highest BCUT2D eigenvalue weighted by Crippen LogP contribution is 2.61. The van der Waals surface area contributed by atoms with Gasteiger partial charge in [0, 0.05) is 13.1 Å². The molecule has 0 unspecified atom stereocenters. The maximum atomic E-state index is 13.3. The molecule has 1 aromatic carbocycles. The molecule has 0 aliphatic carbocycles. The van der Waals surface area contributed by atoms with Gasteiger partial charge in [-0.05, 0) is 38.8 Å². The standard InChI is InChI=1S/C19H20N4O3/c1-18-5-6-19(2,26-18)13-12(18)16(24)23(17(13)25)11-4-3-10(9-20)14-15(11)22-8-7-21-14/h3-4,12-13,21-22H,5-8H2,1-2H3/t12-,13+,18-,19+. The summed E-state index contributed by atoms with van der Waals surface area (Å²) in [4.78, 5) is 27.9. The number of ether oxygens (including phenoxy) is 1. The van der Waals surface area contributed by atoms with Crippen LogP contribution in [0.25, 0.3) is 0 Å². The van der Waals surface area contributed by atoms with E-state index in [0.29, 0.717) is 35.7 Å².